The van der Waals surface area contributed by atoms with Crippen molar-refractivity contribution in [2.75, 3.05) is 0 Å². The van der Waals surface area contributed by atoms with Crippen molar-refractivity contribution in [1.82, 2.24) is 0 Å². The number of hydrogen-bond donors (Lipinski definition) is 0. The topological polar surface area (TPSA) is 0 Å². The molecule has 1 aliphatic carbocycles. The van der Waals surface area contributed by atoms with Crippen LogP contribution in [0.5, 0.6) is 0 Å². The molecule has 0 heteroatoms. The van der Waals surface area contributed by atoms with Crippen molar-refractivity contribution in [3.8, 4) is 11.1 Å². The number of benzene rings is 4. The molecule has 156 valence electrons. The second-order valence-electron chi connectivity index (χ2n) is 8.94. The molecule has 4 aromatic rings. The second-order valence-corrected chi connectivity index (χ2v) is 8.94. The summed E-state index contributed by atoms with van der Waals surface area (Å²) in [6, 6.07) is 33.5. The third-order valence-electron chi connectivity index (χ3n) is 6.62. The van der Waals surface area contributed by atoms with Crippen LogP contribution in [-0.4, -0.2) is 0 Å². The van der Waals surface area contributed by atoms with Crippen LogP contribution >= 0.6 is 0 Å². The van der Waals surface area contributed by atoms with E-state index >= 15 is 0 Å². The molecule has 0 aromatic heterocycles. The highest BCUT2D eigenvalue weighted by atomic mass is 14.5. The first kappa shape index (κ1) is 20.3. The monoisotopic (exact) mass is 412 g/mol. The van der Waals surface area contributed by atoms with Crippen LogP contribution < -0.4 is 0 Å². The maximum Gasteiger partial charge on any atom is 0.0713 e. The van der Waals surface area contributed by atoms with Crippen molar-refractivity contribution in [2.45, 2.75) is 26.2 Å². The van der Waals surface area contributed by atoms with E-state index < -0.39 is 0 Å². The van der Waals surface area contributed by atoms with Crippen molar-refractivity contribution in [2.24, 2.45) is 0 Å². The van der Waals surface area contributed by atoms with E-state index in [2.05, 4.69) is 124 Å². The van der Waals surface area contributed by atoms with Crippen LogP contribution in [0.25, 0.3) is 23.3 Å². The molecule has 4 aromatic carbocycles. The molecule has 32 heavy (non-hydrogen) atoms. The molecular weight excluding hydrogens is 384 g/mol. The Labute approximate surface area is 191 Å². The molecule has 0 radical (unpaired) electrons. The van der Waals surface area contributed by atoms with Gasteiger partial charge in [-0.3, -0.25) is 0 Å². The molecule has 0 aliphatic heterocycles. The predicted molar refractivity (Wildman–Crippen MR) is 138 cm³/mol. The molecule has 0 bridgehead atoms. The van der Waals surface area contributed by atoms with Gasteiger partial charge in [0, 0.05) is 0 Å². The summed E-state index contributed by atoms with van der Waals surface area (Å²) in [6.07, 6.45) is 4.29. The van der Waals surface area contributed by atoms with Crippen LogP contribution in [0.1, 0.15) is 52.8 Å². The number of aryl methyl sites for hydroxylation is 1. The molecule has 0 spiro atoms. The molecule has 1 atom stereocenters. The highest BCUT2D eigenvalue weighted by Crippen LogP contribution is 2.57. The minimum absolute atomic E-state index is 0.359. The molecule has 1 aliphatic rings. The van der Waals surface area contributed by atoms with Gasteiger partial charge in [-0.2, -0.15) is 0 Å². The zero-order valence-electron chi connectivity index (χ0n) is 19.0. The first-order valence-corrected chi connectivity index (χ1v) is 11.2. The summed E-state index contributed by atoms with van der Waals surface area (Å²) in [4.78, 5) is 0. The SMILES string of the molecule is C=Cc1c(C=C(C)C)ccc2c1-c1ccccc1C2(c1ccccc1)c1ccc(C)cc1. The van der Waals surface area contributed by atoms with Gasteiger partial charge in [-0.05, 0) is 65.3 Å². The van der Waals surface area contributed by atoms with Gasteiger partial charge in [-0.25, -0.2) is 0 Å². The van der Waals surface area contributed by atoms with Crippen LogP contribution in [0.2, 0.25) is 0 Å². The first-order valence-electron chi connectivity index (χ1n) is 11.2. The lowest BCUT2D eigenvalue weighted by atomic mass is 9.67. The Morgan fingerprint density at radius 3 is 2.06 bits per heavy atom. The van der Waals surface area contributed by atoms with Gasteiger partial charge >= 0.3 is 0 Å². The van der Waals surface area contributed by atoms with E-state index in [1.807, 2.05) is 6.08 Å². The third kappa shape index (κ3) is 2.91. The van der Waals surface area contributed by atoms with Crippen LogP contribution in [0.4, 0.5) is 0 Å². The summed E-state index contributed by atoms with van der Waals surface area (Å²) < 4.78 is 0. The summed E-state index contributed by atoms with van der Waals surface area (Å²) >= 11 is 0. The van der Waals surface area contributed by atoms with Gasteiger partial charge in [0.2, 0.25) is 0 Å². The van der Waals surface area contributed by atoms with Gasteiger partial charge in [-0.15, -0.1) is 0 Å². The van der Waals surface area contributed by atoms with Crippen LogP contribution in [0, 0.1) is 6.92 Å². The van der Waals surface area contributed by atoms with Crippen LogP contribution in [0.15, 0.2) is 103 Å². The van der Waals surface area contributed by atoms with Gasteiger partial charge < -0.3 is 0 Å². The van der Waals surface area contributed by atoms with Gasteiger partial charge in [-0.1, -0.05) is 121 Å². The number of rotatable bonds is 4. The maximum absolute atomic E-state index is 4.22. The van der Waals surface area contributed by atoms with E-state index in [1.165, 1.54) is 55.6 Å². The van der Waals surface area contributed by atoms with E-state index in [4.69, 9.17) is 0 Å². The smallest absolute Gasteiger partial charge is 0.0713 e. The lowest BCUT2D eigenvalue weighted by molar-refractivity contribution is 0.768. The van der Waals surface area contributed by atoms with Crippen molar-refractivity contribution in [3.05, 3.63) is 142 Å². The molecular formula is C32H28. The highest BCUT2D eigenvalue weighted by molar-refractivity contribution is 5.93. The largest absolute Gasteiger partial charge is 0.0984 e. The lowest BCUT2D eigenvalue weighted by Gasteiger charge is -2.34. The number of hydrogen-bond acceptors (Lipinski definition) is 0. The Bertz CT molecular complexity index is 1330. The first-order chi connectivity index (χ1) is 15.6. The molecule has 0 amide bonds. The molecule has 5 rings (SSSR count). The second kappa shape index (κ2) is 7.80. The summed E-state index contributed by atoms with van der Waals surface area (Å²) in [5.41, 5.74) is 12.5. The van der Waals surface area contributed by atoms with Crippen LogP contribution in [0.3, 0.4) is 0 Å². The van der Waals surface area contributed by atoms with E-state index in [1.54, 1.807) is 0 Å². The zero-order chi connectivity index (χ0) is 22.3. The van der Waals surface area contributed by atoms with Gasteiger partial charge in [0.1, 0.15) is 0 Å². The highest BCUT2D eigenvalue weighted by Gasteiger charge is 2.46. The van der Waals surface area contributed by atoms with Gasteiger partial charge in [0.05, 0.1) is 5.41 Å². The predicted octanol–water partition coefficient (Wildman–Crippen LogP) is 8.42. The Morgan fingerprint density at radius 2 is 1.38 bits per heavy atom. The summed E-state index contributed by atoms with van der Waals surface area (Å²) in [5.74, 6) is 0. The third-order valence-corrected chi connectivity index (χ3v) is 6.62. The van der Waals surface area contributed by atoms with E-state index in [9.17, 15) is 0 Å². The fourth-order valence-corrected chi connectivity index (χ4v) is 5.35. The summed E-state index contributed by atoms with van der Waals surface area (Å²) in [6.45, 7) is 10.7. The van der Waals surface area contributed by atoms with E-state index in [0.29, 0.717) is 0 Å². The molecule has 0 nitrogen and oxygen atoms in total. The van der Waals surface area contributed by atoms with Crippen molar-refractivity contribution in [1.29, 1.82) is 0 Å². The van der Waals surface area contributed by atoms with Gasteiger partial charge in [0.15, 0.2) is 0 Å². The fourth-order valence-electron chi connectivity index (χ4n) is 5.35. The lowest BCUT2D eigenvalue weighted by Crippen LogP contribution is -2.28. The summed E-state index contributed by atoms with van der Waals surface area (Å²) in [7, 11) is 0. The Morgan fingerprint density at radius 1 is 0.719 bits per heavy atom. The van der Waals surface area contributed by atoms with Crippen molar-refractivity contribution in [3.63, 3.8) is 0 Å². The molecule has 1 unspecified atom stereocenters. The molecule has 0 fully saturated rings. The van der Waals surface area contributed by atoms with E-state index in [-0.39, 0.29) is 5.41 Å². The molecule has 0 heterocycles. The molecule has 0 saturated heterocycles. The number of fused-ring (bicyclic) bond motifs is 3. The zero-order valence-corrected chi connectivity index (χ0v) is 19.0. The Hall–Kier alpha value is -3.64. The average molecular weight is 413 g/mol. The Balaban J connectivity index is 1.97. The fraction of sp³-hybridized carbons (Fsp3) is 0.125. The van der Waals surface area contributed by atoms with Crippen molar-refractivity contribution < 1.29 is 0 Å². The minimum atomic E-state index is -0.359. The molecule has 0 saturated carbocycles. The van der Waals surface area contributed by atoms with E-state index in [0.717, 1.165) is 0 Å². The van der Waals surface area contributed by atoms with Gasteiger partial charge in [0.25, 0.3) is 0 Å². The quantitative estimate of drug-likeness (QED) is 0.278. The number of allylic oxidation sites excluding steroid dienone is 1. The normalized spacial score (nSPS) is 16.2. The van der Waals surface area contributed by atoms with Crippen molar-refractivity contribution >= 4 is 12.2 Å². The molecule has 0 N–H and O–H groups in total. The van der Waals surface area contributed by atoms with Crippen LogP contribution in [-0.2, 0) is 5.41 Å². The maximum atomic E-state index is 4.22. The standard InChI is InChI=1S/C32H28/c1-5-27-24(21-22(2)3)17-20-30-31(27)28-13-9-10-14-29(28)32(30,25-11-7-6-8-12-25)26-18-15-23(4)16-19-26/h5-21H,1H2,2-4H3. The Kier molecular flexibility index (Phi) is 4.94. The minimum Gasteiger partial charge on any atom is -0.0984 e. The summed E-state index contributed by atoms with van der Waals surface area (Å²) in [5, 5.41) is 0. The average Bonchev–Trinajstić information content (AvgIpc) is 3.11.